The van der Waals surface area contributed by atoms with E-state index in [2.05, 4.69) is 4.98 Å². The zero-order valence-corrected chi connectivity index (χ0v) is 12.7. The summed E-state index contributed by atoms with van der Waals surface area (Å²) in [6.07, 6.45) is 1.65. The van der Waals surface area contributed by atoms with Crippen molar-refractivity contribution < 1.29 is 19.4 Å². The first-order valence-corrected chi connectivity index (χ1v) is 7.72. The van der Waals surface area contributed by atoms with Crippen molar-refractivity contribution in [2.75, 3.05) is 13.2 Å². The summed E-state index contributed by atoms with van der Waals surface area (Å²) in [5.41, 5.74) is 2.61. The zero-order valence-electron chi connectivity index (χ0n) is 12.7. The molecule has 5 nitrogen and oxygen atoms in total. The maximum atomic E-state index is 11.0. The Bertz CT molecular complexity index is 636. The Morgan fingerprint density at radius 2 is 1.91 bits per heavy atom. The molecule has 1 aromatic carbocycles. The number of rotatable bonds is 4. The third-order valence-corrected chi connectivity index (χ3v) is 4.11. The minimum atomic E-state index is -1.31. The van der Waals surface area contributed by atoms with Gasteiger partial charge in [-0.1, -0.05) is 30.3 Å². The number of carboxylic acid groups (broad SMARTS) is 1. The Hall–Kier alpha value is -2.40. The van der Waals surface area contributed by atoms with Crippen LogP contribution in [0.4, 0.5) is 4.79 Å². The van der Waals surface area contributed by atoms with Crippen LogP contribution in [0.5, 0.6) is 0 Å². The van der Waals surface area contributed by atoms with E-state index < -0.39 is 12.3 Å². The van der Waals surface area contributed by atoms with Crippen molar-refractivity contribution in [1.29, 1.82) is 0 Å². The molecule has 3 rings (SSSR count). The Morgan fingerprint density at radius 1 is 1.17 bits per heavy atom. The number of pyridine rings is 1. The number of hydrogen-bond donors (Lipinski definition) is 1. The minimum Gasteiger partial charge on any atom is -0.450 e. The van der Waals surface area contributed by atoms with Gasteiger partial charge in [0.25, 0.3) is 0 Å². The Labute approximate surface area is 134 Å². The highest BCUT2D eigenvalue weighted by Crippen LogP contribution is 2.30. The number of nitrogens with zero attached hydrogens (tertiary/aromatic N) is 1. The molecule has 5 heteroatoms. The quantitative estimate of drug-likeness (QED) is 0.870. The molecule has 0 bridgehead atoms. The van der Waals surface area contributed by atoms with E-state index in [1.807, 2.05) is 30.3 Å². The Kier molecular flexibility index (Phi) is 4.88. The highest BCUT2D eigenvalue weighted by molar-refractivity contribution is 5.58. The number of benzene rings is 1. The molecule has 0 aliphatic carbocycles. The summed E-state index contributed by atoms with van der Waals surface area (Å²) in [5.74, 6) is 0.506. The third kappa shape index (κ3) is 3.87. The summed E-state index contributed by atoms with van der Waals surface area (Å²) < 4.78 is 10.4. The monoisotopic (exact) mass is 313 g/mol. The first-order valence-electron chi connectivity index (χ1n) is 7.72. The normalized spacial score (nSPS) is 16.7. The molecule has 23 heavy (non-hydrogen) atoms. The molecule has 1 atom stereocenters. The molecule has 1 N–H and O–H groups in total. The molecule has 0 saturated carbocycles. The van der Waals surface area contributed by atoms with Gasteiger partial charge in [-0.25, -0.2) is 4.79 Å². The lowest BCUT2D eigenvalue weighted by atomic mass is 9.90. The van der Waals surface area contributed by atoms with Crippen molar-refractivity contribution in [2.45, 2.75) is 24.9 Å². The average molecular weight is 313 g/mol. The van der Waals surface area contributed by atoms with Gasteiger partial charge in [0, 0.05) is 19.4 Å². The fourth-order valence-electron chi connectivity index (χ4n) is 2.90. The minimum absolute atomic E-state index is 0.506. The second kappa shape index (κ2) is 7.24. The fraction of sp³-hybridized carbons (Fsp3) is 0.333. The van der Waals surface area contributed by atoms with Gasteiger partial charge in [0.05, 0.1) is 5.69 Å². The predicted octanol–water partition coefficient (Wildman–Crippen LogP) is 3.76. The lowest BCUT2D eigenvalue weighted by Crippen LogP contribution is -2.15. The SMILES string of the molecule is O=C(O)OC(c1ccc(C2CCOCC2)cc1)c1ccccn1. The topological polar surface area (TPSA) is 68.7 Å². The molecule has 1 aliphatic rings. The van der Waals surface area contributed by atoms with Crippen LogP contribution in [0, 0.1) is 0 Å². The van der Waals surface area contributed by atoms with E-state index in [9.17, 15) is 4.79 Å². The van der Waals surface area contributed by atoms with Crippen molar-refractivity contribution in [3.63, 3.8) is 0 Å². The number of carbonyl (C=O) groups is 1. The molecule has 1 unspecified atom stereocenters. The highest BCUT2D eigenvalue weighted by Gasteiger charge is 2.21. The van der Waals surface area contributed by atoms with Gasteiger partial charge in [0.2, 0.25) is 0 Å². The molecular weight excluding hydrogens is 294 g/mol. The molecule has 0 radical (unpaired) electrons. The van der Waals surface area contributed by atoms with E-state index in [-0.39, 0.29) is 0 Å². The first kappa shape index (κ1) is 15.5. The van der Waals surface area contributed by atoms with Crippen LogP contribution in [0.2, 0.25) is 0 Å². The summed E-state index contributed by atoms with van der Waals surface area (Å²) in [5, 5.41) is 9.00. The van der Waals surface area contributed by atoms with E-state index in [4.69, 9.17) is 14.6 Å². The molecule has 2 heterocycles. The predicted molar refractivity (Wildman–Crippen MR) is 84.4 cm³/mol. The zero-order chi connectivity index (χ0) is 16.1. The standard InChI is InChI=1S/C18H19NO4/c20-18(21)23-17(16-3-1-2-10-19-16)15-6-4-13(5-7-15)14-8-11-22-12-9-14/h1-7,10,14,17H,8-9,11-12H2,(H,20,21). The summed E-state index contributed by atoms with van der Waals surface area (Å²) in [6.45, 7) is 1.59. The van der Waals surface area contributed by atoms with Crippen molar-refractivity contribution >= 4 is 6.16 Å². The van der Waals surface area contributed by atoms with E-state index in [0.29, 0.717) is 11.6 Å². The maximum Gasteiger partial charge on any atom is 0.506 e. The number of hydrogen-bond acceptors (Lipinski definition) is 4. The molecule has 120 valence electrons. The summed E-state index contributed by atoms with van der Waals surface area (Å²) in [4.78, 5) is 15.2. The smallest absolute Gasteiger partial charge is 0.450 e. The summed E-state index contributed by atoms with van der Waals surface area (Å²) in [7, 11) is 0. The van der Waals surface area contributed by atoms with Crippen molar-refractivity contribution in [1.82, 2.24) is 4.98 Å². The van der Waals surface area contributed by atoms with Crippen LogP contribution in [0.15, 0.2) is 48.7 Å². The van der Waals surface area contributed by atoms with Crippen molar-refractivity contribution in [2.24, 2.45) is 0 Å². The largest absolute Gasteiger partial charge is 0.506 e. The van der Waals surface area contributed by atoms with Gasteiger partial charge >= 0.3 is 6.16 Å². The average Bonchev–Trinajstić information content (AvgIpc) is 2.61. The molecule has 1 aromatic heterocycles. The molecule has 1 aliphatic heterocycles. The van der Waals surface area contributed by atoms with Crippen LogP contribution < -0.4 is 0 Å². The van der Waals surface area contributed by atoms with E-state index >= 15 is 0 Å². The fourth-order valence-corrected chi connectivity index (χ4v) is 2.90. The van der Waals surface area contributed by atoms with Gasteiger partial charge in [0.1, 0.15) is 0 Å². The molecule has 1 saturated heterocycles. The third-order valence-electron chi connectivity index (χ3n) is 4.11. The van der Waals surface area contributed by atoms with Crippen LogP contribution in [-0.2, 0) is 9.47 Å². The Balaban J connectivity index is 1.83. The van der Waals surface area contributed by atoms with Gasteiger partial charge < -0.3 is 14.6 Å². The number of aromatic nitrogens is 1. The van der Waals surface area contributed by atoms with Crippen LogP contribution >= 0.6 is 0 Å². The van der Waals surface area contributed by atoms with Crippen molar-refractivity contribution in [3.8, 4) is 0 Å². The van der Waals surface area contributed by atoms with Gasteiger partial charge in [-0.15, -0.1) is 0 Å². The van der Waals surface area contributed by atoms with Gasteiger partial charge in [-0.05, 0) is 42.0 Å². The molecule has 1 fully saturated rings. The van der Waals surface area contributed by atoms with E-state index in [1.54, 1.807) is 18.3 Å². The summed E-state index contributed by atoms with van der Waals surface area (Å²) >= 11 is 0. The van der Waals surface area contributed by atoms with Crippen LogP contribution in [0.3, 0.4) is 0 Å². The highest BCUT2D eigenvalue weighted by atomic mass is 16.7. The first-order chi connectivity index (χ1) is 11.2. The maximum absolute atomic E-state index is 11.0. The Morgan fingerprint density at radius 3 is 2.52 bits per heavy atom. The second-order valence-corrected chi connectivity index (χ2v) is 5.57. The molecule has 2 aromatic rings. The van der Waals surface area contributed by atoms with Crippen molar-refractivity contribution in [3.05, 3.63) is 65.5 Å². The van der Waals surface area contributed by atoms with Gasteiger partial charge in [0.15, 0.2) is 6.10 Å². The second-order valence-electron chi connectivity index (χ2n) is 5.57. The van der Waals surface area contributed by atoms with Crippen LogP contribution in [0.25, 0.3) is 0 Å². The van der Waals surface area contributed by atoms with E-state index in [1.165, 1.54) is 5.56 Å². The molecular formula is C18H19NO4. The molecule has 0 amide bonds. The number of ether oxygens (including phenoxy) is 2. The van der Waals surface area contributed by atoms with E-state index in [0.717, 1.165) is 31.6 Å². The van der Waals surface area contributed by atoms with Crippen LogP contribution in [0.1, 0.15) is 41.7 Å². The lowest BCUT2D eigenvalue weighted by molar-refractivity contribution is 0.0648. The summed E-state index contributed by atoms with van der Waals surface area (Å²) in [6, 6.07) is 13.3. The van der Waals surface area contributed by atoms with Crippen LogP contribution in [-0.4, -0.2) is 29.5 Å². The van der Waals surface area contributed by atoms with Gasteiger partial charge in [-0.2, -0.15) is 0 Å². The lowest BCUT2D eigenvalue weighted by Gasteiger charge is -2.23. The van der Waals surface area contributed by atoms with Gasteiger partial charge in [-0.3, -0.25) is 4.98 Å². The molecule has 0 spiro atoms.